The van der Waals surface area contributed by atoms with Crippen LogP contribution in [0.2, 0.25) is 0 Å². The molecule has 2 nitrogen and oxygen atoms in total. The van der Waals surface area contributed by atoms with Crippen molar-refractivity contribution >= 4 is 22.6 Å². The Hall–Kier alpha value is -0.130. The number of benzene rings is 1. The lowest BCUT2D eigenvalue weighted by Gasteiger charge is -2.30. The first-order valence-corrected chi connectivity index (χ1v) is 8.16. The van der Waals surface area contributed by atoms with Gasteiger partial charge in [0.05, 0.1) is 6.61 Å². The van der Waals surface area contributed by atoms with Crippen LogP contribution in [0.5, 0.6) is 0 Å². The Morgan fingerprint density at radius 2 is 2.00 bits per heavy atom. The Morgan fingerprint density at radius 1 is 1.32 bits per heavy atom. The highest BCUT2D eigenvalue weighted by Gasteiger charge is 2.40. The summed E-state index contributed by atoms with van der Waals surface area (Å²) < 4.78 is 6.41. The number of hydrogen-bond acceptors (Lipinski definition) is 2. The van der Waals surface area contributed by atoms with E-state index < -0.39 is 0 Å². The monoisotopic (exact) mass is 373 g/mol. The smallest absolute Gasteiger partial charge is 0.0587 e. The van der Waals surface area contributed by atoms with Crippen LogP contribution in [0.25, 0.3) is 0 Å². The summed E-state index contributed by atoms with van der Waals surface area (Å²) in [6, 6.07) is 8.97. The molecule has 1 saturated carbocycles. The van der Waals surface area contributed by atoms with Gasteiger partial charge in [0, 0.05) is 23.8 Å². The maximum absolute atomic E-state index is 5.10. The fraction of sp³-hybridized carbons (Fsp3) is 0.625. The number of hydrogen-bond donors (Lipinski definition) is 1. The van der Waals surface area contributed by atoms with Crippen LogP contribution in [0, 0.1) is 14.9 Å². The van der Waals surface area contributed by atoms with E-state index in [2.05, 4.69) is 59.1 Å². The maximum Gasteiger partial charge on any atom is 0.0587 e. The number of nitrogens with one attached hydrogen (secondary N) is 1. The van der Waals surface area contributed by atoms with E-state index >= 15 is 0 Å². The summed E-state index contributed by atoms with van der Waals surface area (Å²) in [5, 5.41) is 3.55. The minimum absolute atomic E-state index is 0.389. The van der Waals surface area contributed by atoms with E-state index in [-0.39, 0.29) is 0 Å². The van der Waals surface area contributed by atoms with E-state index in [0.29, 0.717) is 5.41 Å². The molecule has 19 heavy (non-hydrogen) atoms. The van der Waals surface area contributed by atoms with Crippen LogP contribution in [0.1, 0.15) is 25.3 Å². The summed E-state index contributed by atoms with van der Waals surface area (Å²) in [5.74, 6) is 0.891. The van der Waals surface area contributed by atoms with E-state index in [0.717, 1.165) is 25.6 Å². The summed E-state index contributed by atoms with van der Waals surface area (Å²) in [7, 11) is 1.76. The van der Waals surface area contributed by atoms with E-state index in [9.17, 15) is 0 Å². The molecule has 1 fully saturated rings. The molecule has 1 unspecified atom stereocenters. The van der Waals surface area contributed by atoms with Gasteiger partial charge in [-0.2, -0.15) is 0 Å². The molecule has 0 aliphatic heterocycles. The van der Waals surface area contributed by atoms with Crippen molar-refractivity contribution in [1.29, 1.82) is 0 Å². The molecular formula is C16H24INO. The van der Waals surface area contributed by atoms with Crippen LogP contribution < -0.4 is 5.32 Å². The standard InChI is InChI=1S/C16H24INO/c1-16(14-5-6-14,12-18-9-10-19-2)11-13-3-7-15(17)8-4-13/h3-4,7-8,14,18H,5-6,9-12H2,1-2H3. The Bertz CT molecular complexity index is 388. The first kappa shape index (κ1) is 15.3. The third-order valence-corrected chi connectivity index (χ3v) is 4.82. The SMILES string of the molecule is COCCNCC(C)(Cc1ccc(I)cc1)C1CC1. The van der Waals surface area contributed by atoms with Gasteiger partial charge in [0.15, 0.2) is 0 Å². The minimum atomic E-state index is 0.389. The maximum atomic E-state index is 5.10. The van der Waals surface area contributed by atoms with Crippen molar-refractivity contribution in [2.24, 2.45) is 11.3 Å². The summed E-state index contributed by atoms with van der Waals surface area (Å²) in [5.41, 5.74) is 1.85. The first-order chi connectivity index (χ1) is 9.14. The summed E-state index contributed by atoms with van der Waals surface area (Å²) in [6.45, 7) is 5.27. The molecule has 1 aromatic rings. The molecule has 0 spiro atoms. The van der Waals surface area contributed by atoms with Crippen molar-refractivity contribution in [2.75, 3.05) is 26.8 Å². The lowest BCUT2D eigenvalue weighted by molar-refractivity contribution is 0.187. The van der Waals surface area contributed by atoms with E-state index in [1.807, 2.05) is 0 Å². The van der Waals surface area contributed by atoms with Crippen LogP contribution in [-0.4, -0.2) is 26.8 Å². The molecule has 1 aromatic carbocycles. The third kappa shape index (κ3) is 4.72. The van der Waals surface area contributed by atoms with Crippen molar-refractivity contribution < 1.29 is 4.74 Å². The van der Waals surface area contributed by atoms with Crippen molar-refractivity contribution in [3.8, 4) is 0 Å². The average molecular weight is 373 g/mol. The van der Waals surface area contributed by atoms with Gasteiger partial charge in [-0.15, -0.1) is 0 Å². The predicted octanol–water partition coefficient (Wildman–Crippen LogP) is 3.49. The van der Waals surface area contributed by atoms with E-state index in [1.54, 1.807) is 7.11 Å². The molecular weight excluding hydrogens is 349 g/mol. The molecule has 1 atom stereocenters. The van der Waals surface area contributed by atoms with Gasteiger partial charge in [0.2, 0.25) is 0 Å². The topological polar surface area (TPSA) is 21.3 Å². The molecule has 2 rings (SSSR count). The second kappa shape index (κ2) is 7.04. The number of rotatable bonds is 8. The normalized spacial score (nSPS) is 18.3. The zero-order valence-electron chi connectivity index (χ0n) is 11.9. The van der Waals surface area contributed by atoms with Crippen molar-refractivity contribution in [1.82, 2.24) is 5.32 Å². The highest BCUT2D eigenvalue weighted by atomic mass is 127. The summed E-state index contributed by atoms with van der Waals surface area (Å²) >= 11 is 2.37. The van der Waals surface area contributed by atoms with Crippen molar-refractivity contribution in [2.45, 2.75) is 26.2 Å². The fourth-order valence-electron chi connectivity index (χ4n) is 2.75. The van der Waals surface area contributed by atoms with Gasteiger partial charge >= 0.3 is 0 Å². The lowest BCUT2D eigenvalue weighted by atomic mass is 9.79. The number of methoxy groups -OCH3 is 1. The van der Waals surface area contributed by atoms with E-state index in [4.69, 9.17) is 4.74 Å². The highest BCUT2D eigenvalue weighted by Crippen LogP contribution is 2.47. The number of ether oxygens (including phenoxy) is 1. The van der Waals surface area contributed by atoms with Gasteiger partial charge in [0.25, 0.3) is 0 Å². The largest absolute Gasteiger partial charge is 0.383 e. The molecule has 0 heterocycles. The molecule has 106 valence electrons. The molecule has 0 saturated heterocycles. The molecule has 1 N–H and O–H groups in total. The van der Waals surface area contributed by atoms with Gasteiger partial charge in [-0.25, -0.2) is 0 Å². The van der Waals surface area contributed by atoms with Crippen molar-refractivity contribution in [3.05, 3.63) is 33.4 Å². The van der Waals surface area contributed by atoms with Gasteiger partial charge in [-0.05, 0) is 70.9 Å². The number of halogens is 1. The van der Waals surface area contributed by atoms with Crippen LogP contribution >= 0.6 is 22.6 Å². The van der Waals surface area contributed by atoms with Crippen LogP contribution in [0.15, 0.2) is 24.3 Å². The Balaban J connectivity index is 1.92. The third-order valence-electron chi connectivity index (χ3n) is 4.10. The quantitative estimate of drug-likeness (QED) is 0.557. The Labute approximate surface area is 130 Å². The van der Waals surface area contributed by atoms with Gasteiger partial charge < -0.3 is 10.1 Å². The Kier molecular flexibility index (Phi) is 5.66. The minimum Gasteiger partial charge on any atom is -0.383 e. The molecule has 1 aliphatic carbocycles. The van der Waals surface area contributed by atoms with Gasteiger partial charge in [-0.1, -0.05) is 19.1 Å². The van der Waals surface area contributed by atoms with Crippen LogP contribution in [0.3, 0.4) is 0 Å². The highest BCUT2D eigenvalue weighted by molar-refractivity contribution is 14.1. The van der Waals surface area contributed by atoms with E-state index in [1.165, 1.54) is 28.4 Å². The second-order valence-electron chi connectivity index (χ2n) is 5.90. The summed E-state index contributed by atoms with van der Waals surface area (Å²) in [6.07, 6.45) is 3.97. The fourth-order valence-corrected chi connectivity index (χ4v) is 3.11. The van der Waals surface area contributed by atoms with Crippen LogP contribution in [0.4, 0.5) is 0 Å². The van der Waals surface area contributed by atoms with Gasteiger partial charge in [-0.3, -0.25) is 0 Å². The first-order valence-electron chi connectivity index (χ1n) is 7.08. The van der Waals surface area contributed by atoms with Crippen molar-refractivity contribution in [3.63, 3.8) is 0 Å². The lowest BCUT2D eigenvalue weighted by Crippen LogP contribution is -2.37. The molecule has 0 aromatic heterocycles. The molecule has 3 heteroatoms. The Morgan fingerprint density at radius 3 is 2.58 bits per heavy atom. The zero-order valence-corrected chi connectivity index (χ0v) is 14.1. The molecule has 0 bridgehead atoms. The zero-order chi connectivity index (χ0) is 13.7. The molecule has 0 radical (unpaired) electrons. The molecule has 0 amide bonds. The van der Waals surface area contributed by atoms with Gasteiger partial charge in [0.1, 0.15) is 0 Å². The van der Waals surface area contributed by atoms with Crippen LogP contribution in [-0.2, 0) is 11.2 Å². The predicted molar refractivity (Wildman–Crippen MR) is 88.4 cm³/mol. The average Bonchev–Trinajstić information content (AvgIpc) is 3.22. The second-order valence-corrected chi connectivity index (χ2v) is 7.15. The summed E-state index contributed by atoms with van der Waals surface area (Å²) in [4.78, 5) is 0. The molecule has 1 aliphatic rings.